The highest BCUT2D eigenvalue weighted by molar-refractivity contribution is 5.99. The minimum atomic E-state index is -0.281. The Hall–Kier alpha value is -1.91. The van der Waals surface area contributed by atoms with Gasteiger partial charge >= 0.3 is 0 Å². The molecule has 128 valence electrons. The maximum atomic E-state index is 12.6. The lowest BCUT2D eigenvalue weighted by atomic mass is 10.1. The first-order chi connectivity index (χ1) is 11.5. The molecule has 2 aromatic rings. The molecule has 1 saturated heterocycles. The number of benzene rings is 1. The number of carbonyl (C=O) groups excluding carboxylic acids is 1. The molecule has 0 unspecified atom stereocenters. The van der Waals surface area contributed by atoms with Crippen molar-refractivity contribution in [2.75, 3.05) is 19.6 Å². The molecule has 1 aromatic carbocycles. The molecule has 1 aliphatic heterocycles. The Kier molecular flexibility index (Phi) is 5.17. The fourth-order valence-electron chi connectivity index (χ4n) is 3.56. The number of aliphatic hydroxyl groups is 1. The molecule has 1 atom stereocenters. The summed E-state index contributed by atoms with van der Waals surface area (Å²) in [5, 5.41) is 9.61. The molecular formula is C20H26N2O2. The maximum Gasteiger partial charge on any atom is 0.178 e. The molecule has 1 aliphatic rings. The number of ketones is 1. The normalized spacial score (nSPS) is 18.2. The van der Waals surface area contributed by atoms with Crippen LogP contribution < -0.4 is 0 Å². The quantitative estimate of drug-likeness (QED) is 0.830. The third-order valence-electron chi connectivity index (χ3n) is 4.96. The van der Waals surface area contributed by atoms with Crippen molar-refractivity contribution < 1.29 is 9.90 Å². The molecule has 1 fully saturated rings. The van der Waals surface area contributed by atoms with Crippen molar-refractivity contribution in [3.63, 3.8) is 0 Å². The zero-order valence-electron chi connectivity index (χ0n) is 14.5. The van der Waals surface area contributed by atoms with Crippen LogP contribution in [0.2, 0.25) is 0 Å². The number of Topliss-reactive ketones (excluding diaryl/α,β-unsaturated/α-hetero) is 1. The van der Waals surface area contributed by atoms with Gasteiger partial charge in [0.05, 0.1) is 12.6 Å². The number of likely N-dealkylation sites (tertiary alicyclic amines) is 1. The second kappa shape index (κ2) is 7.32. The molecule has 1 aromatic heterocycles. The van der Waals surface area contributed by atoms with E-state index in [1.54, 1.807) is 0 Å². The van der Waals surface area contributed by atoms with Crippen LogP contribution in [0.5, 0.6) is 0 Å². The Bertz CT molecular complexity index is 706. The first kappa shape index (κ1) is 16.9. The molecule has 0 radical (unpaired) electrons. The lowest BCUT2D eigenvalue weighted by molar-refractivity contribution is 0.0934. The summed E-state index contributed by atoms with van der Waals surface area (Å²) in [4.78, 5) is 14.7. The molecule has 4 nitrogen and oxygen atoms in total. The van der Waals surface area contributed by atoms with Crippen LogP contribution in [0, 0.1) is 13.8 Å². The molecule has 3 rings (SSSR count). The van der Waals surface area contributed by atoms with Gasteiger partial charge in [-0.15, -0.1) is 0 Å². The third-order valence-corrected chi connectivity index (χ3v) is 4.96. The third kappa shape index (κ3) is 3.77. The van der Waals surface area contributed by atoms with Gasteiger partial charge in [0.1, 0.15) is 0 Å². The number of hydrogen-bond donors (Lipinski definition) is 1. The van der Waals surface area contributed by atoms with Gasteiger partial charge in [-0.3, -0.25) is 9.69 Å². The average Bonchev–Trinajstić information content (AvgIpc) is 3.10. The largest absolute Gasteiger partial charge is 0.392 e. The number of rotatable bonds is 6. The first-order valence-corrected chi connectivity index (χ1v) is 8.69. The van der Waals surface area contributed by atoms with Crippen LogP contribution in [-0.4, -0.2) is 46.1 Å². The zero-order valence-corrected chi connectivity index (χ0v) is 14.5. The van der Waals surface area contributed by atoms with Crippen molar-refractivity contribution >= 4 is 5.78 Å². The maximum absolute atomic E-state index is 12.6. The summed E-state index contributed by atoms with van der Waals surface area (Å²) in [6.07, 6.45) is 1.45. The summed E-state index contributed by atoms with van der Waals surface area (Å²) in [6, 6.07) is 12.4. The van der Waals surface area contributed by atoms with Gasteiger partial charge in [0.25, 0.3) is 0 Å². The summed E-state index contributed by atoms with van der Waals surface area (Å²) in [6.45, 7) is 6.80. The van der Waals surface area contributed by atoms with Gasteiger partial charge in [-0.05, 0) is 38.3 Å². The van der Waals surface area contributed by atoms with Crippen molar-refractivity contribution in [1.82, 2.24) is 9.47 Å². The van der Waals surface area contributed by atoms with Crippen molar-refractivity contribution in [3.8, 4) is 0 Å². The van der Waals surface area contributed by atoms with Crippen molar-refractivity contribution in [1.29, 1.82) is 0 Å². The van der Waals surface area contributed by atoms with Crippen LogP contribution in [-0.2, 0) is 13.0 Å². The van der Waals surface area contributed by atoms with Crippen LogP contribution in [0.25, 0.3) is 0 Å². The molecule has 4 heteroatoms. The van der Waals surface area contributed by atoms with Crippen LogP contribution >= 0.6 is 0 Å². The fraction of sp³-hybridized carbons (Fsp3) is 0.450. The molecule has 0 amide bonds. The highest BCUT2D eigenvalue weighted by atomic mass is 16.3. The second-order valence-corrected chi connectivity index (χ2v) is 6.77. The predicted molar refractivity (Wildman–Crippen MR) is 95.4 cm³/mol. The Morgan fingerprint density at radius 2 is 2.00 bits per heavy atom. The molecule has 24 heavy (non-hydrogen) atoms. The molecule has 1 N–H and O–H groups in total. The van der Waals surface area contributed by atoms with Gasteiger partial charge in [0.15, 0.2) is 5.78 Å². The van der Waals surface area contributed by atoms with E-state index >= 15 is 0 Å². The van der Waals surface area contributed by atoms with Gasteiger partial charge < -0.3 is 9.67 Å². The molecule has 2 heterocycles. The molecule has 0 bridgehead atoms. The Morgan fingerprint density at radius 3 is 2.67 bits per heavy atom. The summed E-state index contributed by atoms with van der Waals surface area (Å²) >= 11 is 0. The number of aryl methyl sites for hydroxylation is 2. The molecule has 0 spiro atoms. The molecular weight excluding hydrogens is 300 g/mol. The van der Waals surface area contributed by atoms with E-state index in [1.807, 2.05) is 24.0 Å². The standard InChI is InChI=1S/C20H26N2O2/c1-15-12-19(20(24)14-21-10-9-18(23)13-21)16(2)22(15)11-8-17-6-4-3-5-7-17/h3-7,12,18,23H,8-11,13-14H2,1-2H3/t18-/m0/s1. The lowest BCUT2D eigenvalue weighted by Crippen LogP contribution is -2.28. The predicted octanol–water partition coefficient (Wildman–Crippen LogP) is 2.60. The van der Waals surface area contributed by atoms with E-state index in [0.717, 1.165) is 42.9 Å². The summed E-state index contributed by atoms with van der Waals surface area (Å²) < 4.78 is 2.24. The van der Waals surface area contributed by atoms with E-state index < -0.39 is 0 Å². The van der Waals surface area contributed by atoms with Gasteiger partial charge in [0.2, 0.25) is 0 Å². The van der Waals surface area contributed by atoms with E-state index in [2.05, 4.69) is 35.8 Å². The number of β-amino-alcohol motifs (C(OH)–C–C–N with tert-alkyl or cyclic N) is 1. The van der Waals surface area contributed by atoms with Crippen molar-refractivity contribution in [2.45, 2.75) is 39.3 Å². The Balaban J connectivity index is 1.68. The first-order valence-electron chi connectivity index (χ1n) is 8.69. The number of aromatic nitrogens is 1. The van der Waals surface area contributed by atoms with Crippen LogP contribution in [0.4, 0.5) is 0 Å². The minimum absolute atomic E-state index is 0.156. The van der Waals surface area contributed by atoms with Gasteiger partial charge in [-0.1, -0.05) is 30.3 Å². The van der Waals surface area contributed by atoms with E-state index in [1.165, 1.54) is 5.56 Å². The zero-order chi connectivity index (χ0) is 17.1. The van der Waals surface area contributed by atoms with Gasteiger partial charge in [-0.25, -0.2) is 0 Å². The number of carbonyl (C=O) groups is 1. The van der Waals surface area contributed by atoms with Gasteiger partial charge in [-0.2, -0.15) is 0 Å². The number of aliphatic hydroxyl groups excluding tert-OH is 1. The van der Waals surface area contributed by atoms with E-state index in [9.17, 15) is 9.90 Å². The Morgan fingerprint density at radius 1 is 1.25 bits per heavy atom. The summed E-state index contributed by atoms with van der Waals surface area (Å²) in [5.41, 5.74) is 4.31. The van der Waals surface area contributed by atoms with E-state index in [-0.39, 0.29) is 11.9 Å². The average molecular weight is 326 g/mol. The highest BCUT2D eigenvalue weighted by Crippen LogP contribution is 2.18. The van der Waals surface area contributed by atoms with Crippen LogP contribution in [0.3, 0.4) is 0 Å². The summed E-state index contributed by atoms with van der Waals surface area (Å²) in [5.74, 6) is 0.156. The Labute approximate surface area is 143 Å². The highest BCUT2D eigenvalue weighted by Gasteiger charge is 2.24. The van der Waals surface area contributed by atoms with Crippen LogP contribution in [0.1, 0.15) is 33.7 Å². The smallest absolute Gasteiger partial charge is 0.178 e. The van der Waals surface area contributed by atoms with Gasteiger partial charge in [0, 0.05) is 36.6 Å². The SMILES string of the molecule is Cc1cc(C(=O)CN2CC[C@H](O)C2)c(C)n1CCc1ccccc1. The monoisotopic (exact) mass is 326 g/mol. The number of hydrogen-bond acceptors (Lipinski definition) is 3. The van der Waals surface area contributed by atoms with Crippen LogP contribution in [0.15, 0.2) is 36.4 Å². The topological polar surface area (TPSA) is 45.5 Å². The summed E-state index contributed by atoms with van der Waals surface area (Å²) in [7, 11) is 0. The van der Waals surface area contributed by atoms with E-state index in [0.29, 0.717) is 13.1 Å². The second-order valence-electron chi connectivity index (χ2n) is 6.77. The van der Waals surface area contributed by atoms with E-state index in [4.69, 9.17) is 0 Å². The molecule has 0 saturated carbocycles. The minimum Gasteiger partial charge on any atom is -0.392 e. The fourth-order valence-corrected chi connectivity index (χ4v) is 3.56. The van der Waals surface area contributed by atoms with Crippen molar-refractivity contribution in [3.05, 3.63) is 58.9 Å². The van der Waals surface area contributed by atoms with Crippen molar-refractivity contribution in [2.24, 2.45) is 0 Å². The lowest BCUT2D eigenvalue weighted by Gasteiger charge is -2.14. The molecule has 0 aliphatic carbocycles. The number of nitrogens with zero attached hydrogens (tertiary/aromatic N) is 2.